The predicted molar refractivity (Wildman–Crippen MR) is 78.5 cm³/mol. The van der Waals surface area contributed by atoms with Crippen LogP contribution in [0.4, 0.5) is 5.82 Å². The molecule has 0 spiro atoms. The van der Waals surface area contributed by atoms with Crippen molar-refractivity contribution in [3.63, 3.8) is 0 Å². The van der Waals surface area contributed by atoms with Gasteiger partial charge in [-0.3, -0.25) is 4.55 Å². The van der Waals surface area contributed by atoms with E-state index >= 15 is 0 Å². The van der Waals surface area contributed by atoms with Gasteiger partial charge in [0.1, 0.15) is 11.8 Å². The molecule has 1 aromatic heterocycles. The van der Waals surface area contributed by atoms with E-state index in [2.05, 4.69) is 24.8 Å². The van der Waals surface area contributed by atoms with Crippen LogP contribution in [-0.2, 0) is 16.0 Å². The summed E-state index contributed by atoms with van der Waals surface area (Å²) in [5.41, 5.74) is 0. The van der Waals surface area contributed by atoms with Gasteiger partial charge in [-0.2, -0.15) is 0 Å². The van der Waals surface area contributed by atoms with Gasteiger partial charge in [-0.15, -0.1) is 0 Å². The molecule has 110 valence electrons. The minimum Gasteiger partial charge on any atom is -0.360 e. The molecule has 0 aromatic carbocycles. The summed E-state index contributed by atoms with van der Waals surface area (Å²) in [6, 6.07) is 0.977. The first kappa shape index (κ1) is 16.6. The molecule has 0 aliphatic carbocycles. The summed E-state index contributed by atoms with van der Waals surface area (Å²) in [6.45, 7) is 8.81. The number of halogens is 1. The smallest absolute Gasteiger partial charge is 0.265 e. The van der Waals surface area contributed by atoms with Gasteiger partial charge >= 0.3 is 0 Å². The van der Waals surface area contributed by atoms with E-state index in [-0.39, 0.29) is 17.6 Å². The molecule has 1 unspecified atom stereocenters. The second-order valence-electron chi connectivity index (χ2n) is 5.33. The summed E-state index contributed by atoms with van der Waals surface area (Å²) in [6.07, 6.45) is 0. The van der Waals surface area contributed by atoms with Crippen LogP contribution in [0, 0.1) is 6.92 Å². The first-order valence-corrected chi connectivity index (χ1v) is 11.0. The summed E-state index contributed by atoms with van der Waals surface area (Å²) < 4.78 is 31.9. The van der Waals surface area contributed by atoms with E-state index in [0.29, 0.717) is 12.4 Å². The van der Waals surface area contributed by atoms with E-state index in [1.807, 2.05) is 0 Å². The number of aromatic nitrogens is 1. The van der Waals surface area contributed by atoms with Gasteiger partial charge in [0.05, 0.1) is 0 Å². The Morgan fingerprint density at radius 3 is 2.58 bits per heavy atom. The van der Waals surface area contributed by atoms with Crippen LogP contribution in [0.1, 0.15) is 5.76 Å². The lowest BCUT2D eigenvalue weighted by atomic mass is 10.5. The Bertz CT molecular complexity index is 449. The maximum Gasteiger partial charge on any atom is 0.265 e. The van der Waals surface area contributed by atoms with Crippen molar-refractivity contribution >= 4 is 36.8 Å². The van der Waals surface area contributed by atoms with Crippen LogP contribution in [0.3, 0.4) is 0 Å². The fourth-order valence-electron chi connectivity index (χ4n) is 1.21. The number of hydrogen-bond donors (Lipinski definition) is 1. The van der Waals surface area contributed by atoms with Crippen LogP contribution in [-0.4, -0.2) is 35.3 Å². The number of aryl methyl sites for hydroxylation is 1. The van der Waals surface area contributed by atoms with Crippen LogP contribution in [0.2, 0.25) is 30.7 Å². The molecule has 0 amide bonds. The van der Waals surface area contributed by atoms with Crippen LogP contribution < -0.4 is 4.31 Å². The van der Waals surface area contributed by atoms with E-state index in [0.717, 1.165) is 10.3 Å². The lowest BCUT2D eigenvalue weighted by molar-refractivity contribution is 0.155. The molecular formula is C10H19ClN2O4SSi. The van der Waals surface area contributed by atoms with E-state index < -0.39 is 19.3 Å². The van der Waals surface area contributed by atoms with Gasteiger partial charge in [-0.1, -0.05) is 36.4 Å². The summed E-state index contributed by atoms with van der Waals surface area (Å²) in [4.78, 5) is 0. The Morgan fingerprint density at radius 1 is 1.53 bits per heavy atom. The second-order valence-corrected chi connectivity index (χ2v) is 12.2. The molecule has 0 saturated heterocycles. The van der Waals surface area contributed by atoms with E-state index in [1.165, 1.54) is 0 Å². The minimum absolute atomic E-state index is 0.0563. The number of rotatable bonds is 7. The Morgan fingerprint density at radius 2 is 2.16 bits per heavy atom. The molecule has 9 heteroatoms. The lowest BCUT2D eigenvalue weighted by Crippen LogP contribution is -2.30. The number of ether oxygens (including phenoxy) is 1. The number of nitrogens with zero attached hydrogens (tertiary/aromatic N) is 2. The van der Waals surface area contributed by atoms with E-state index in [1.54, 1.807) is 6.92 Å². The molecule has 1 aromatic rings. The fourth-order valence-corrected chi connectivity index (χ4v) is 2.63. The van der Waals surface area contributed by atoms with Crippen LogP contribution in [0.25, 0.3) is 0 Å². The monoisotopic (exact) mass is 326 g/mol. The Kier molecular flexibility index (Phi) is 6.00. The van der Waals surface area contributed by atoms with Crippen LogP contribution in [0.5, 0.6) is 0 Å². The summed E-state index contributed by atoms with van der Waals surface area (Å²) >= 11 is 3.68. The summed E-state index contributed by atoms with van der Waals surface area (Å²) in [5.74, 6) is 0.516. The van der Waals surface area contributed by atoms with Crippen LogP contribution >= 0.6 is 11.6 Å². The van der Waals surface area contributed by atoms with Crippen molar-refractivity contribution < 1.29 is 18.0 Å². The van der Waals surface area contributed by atoms with Gasteiger partial charge in [0.15, 0.2) is 5.76 Å². The Labute approximate surface area is 121 Å². The molecule has 0 radical (unpaired) electrons. The highest BCUT2D eigenvalue weighted by Gasteiger charge is 2.22. The van der Waals surface area contributed by atoms with E-state index in [9.17, 15) is 8.76 Å². The number of anilines is 1. The molecule has 0 fully saturated rings. The standard InChI is InChI=1S/C10H19ClN2O4SSi/c1-8-9(11)10(12-17-8)13(18(14)15)7-16-5-6-19(2,3)4/h5-7H2,1-4H3,(H,14,15). The van der Waals surface area contributed by atoms with Crippen LogP contribution in [0.15, 0.2) is 4.52 Å². The molecule has 1 N–H and O–H groups in total. The van der Waals surface area contributed by atoms with Crippen molar-refractivity contribution in [1.29, 1.82) is 0 Å². The first-order chi connectivity index (χ1) is 8.72. The minimum atomic E-state index is -2.26. The molecule has 1 atom stereocenters. The molecule has 19 heavy (non-hydrogen) atoms. The van der Waals surface area contributed by atoms with Gasteiger partial charge in [0.25, 0.3) is 11.3 Å². The van der Waals surface area contributed by atoms with Gasteiger partial charge in [-0.05, 0) is 13.0 Å². The molecule has 0 saturated carbocycles. The Balaban J connectivity index is 2.60. The predicted octanol–water partition coefficient (Wildman–Crippen LogP) is 2.89. The van der Waals surface area contributed by atoms with Crippen molar-refractivity contribution in [1.82, 2.24) is 5.16 Å². The molecule has 0 aliphatic rings. The average molecular weight is 327 g/mol. The largest absolute Gasteiger partial charge is 0.360 e. The van der Waals surface area contributed by atoms with E-state index in [4.69, 9.17) is 20.9 Å². The molecule has 1 rings (SSSR count). The third-order valence-electron chi connectivity index (χ3n) is 2.40. The lowest BCUT2D eigenvalue weighted by Gasteiger charge is -2.19. The van der Waals surface area contributed by atoms with Gasteiger partial charge < -0.3 is 9.26 Å². The molecular weight excluding hydrogens is 308 g/mol. The summed E-state index contributed by atoms with van der Waals surface area (Å²) in [7, 11) is -1.18. The van der Waals surface area contributed by atoms with Crippen molar-refractivity contribution in [2.45, 2.75) is 32.6 Å². The van der Waals surface area contributed by atoms with Gasteiger partial charge in [0.2, 0.25) is 5.82 Å². The second kappa shape index (κ2) is 6.85. The van der Waals surface area contributed by atoms with Crippen molar-refractivity contribution in [2.24, 2.45) is 0 Å². The zero-order chi connectivity index (χ0) is 14.6. The topological polar surface area (TPSA) is 75.8 Å². The SMILES string of the molecule is Cc1onc(N(COCC[Si](C)(C)C)S(=O)O)c1Cl. The fraction of sp³-hybridized carbons (Fsp3) is 0.700. The molecule has 0 aliphatic heterocycles. The maximum atomic E-state index is 11.3. The van der Waals surface area contributed by atoms with Crippen molar-refractivity contribution in [3.8, 4) is 0 Å². The summed E-state index contributed by atoms with van der Waals surface area (Å²) in [5, 5.41) is 3.88. The molecule has 0 bridgehead atoms. The normalized spacial score (nSPS) is 13.6. The molecule has 6 nitrogen and oxygen atoms in total. The maximum absolute atomic E-state index is 11.3. The quantitative estimate of drug-likeness (QED) is 0.361. The number of hydrogen-bond acceptors (Lipinski definition) is 4. The highest BCUT2D eigenvalue weighted by Crippen LogP contribution is 2.28. The highest BCUT2D eigenvalue weighted by molar-refractivity contribution is 7.80. The molecule has 1 heterocycles. The zero-order valence-corrected chi connectivity index (χ0v) is 14.0. The third kappa shape index (κ3) is 5.23. The van der Waals surface area contributed by atoms with Gasteiger partial charge in [0, 0.05) is 14.7 Å². The highest BCUT2D eigenvalue weighted by atomic mass is 35.5. The Hall–Kier alpha value is -0.413. The first-order valence-electron chi connectivity index (χ1n) is 5.80. The third-order valence-corrected chi connectivity index (χ3v) is 5.20. The zero-order valence-electron chi connectivity index (χ0n) is 11.5. The van der Waals surface area contributed by atoms with Crippen molar-refractivity contribution in [2.75, 3.05) is 17.6 Å². The van der Waals surface area contributed by atoms with Gasteiger partial charge in [-0.25, -0.2) is 8.51 Å². The van der Waals surface area contributed by atoms with Crippen molar-refractivity contribution in [3.05, 3.63) is 10.8 Å². The average Bonchev–Trinajstić information content (AvgIpc) is 2.58.